The summed E-state index contributed by atoms with van der Waals surface area (Å²) in [5.41, 5.74) is 1.83. The maximum atomic E-state index is 13.1. The standard InChI is InChI=1S/C21H19N5O3/c1-2-24(13-14-25-20(28)15-7-3-4-8-16(15)21(25)29)19(27)17-9-5-6-10-18(17)26-22-11-12-23-26/h3-12H,2,13-14H2,1H3. The van der Waals surface area contributed by atoms with E-state index >= 15 is 0 Å². The lowest BCUT2D eigenvalue weighted by Crippen LogP contribution is -2.41. The Balaban J connectivity index is 1.52. The van der Waals surface area contributed by atoms with Gasteiger partial charge in [-0.1, -0.05) is 24.3 Å². The van der Waals surface area contributed by atoms with Crippen LogP contribution >= 0.6 is 0 Å². The molecule has 8 heteroatoms. The minimum absolute atomic E-state index is 0.133. The molecule has 4 rings (SSSR count). The molecule has 0 bridgehead atoms. The molecule has 0 aliphatic carbocycles. The Morgan fingerprint density at radius 1 is 0.931 bits per heavy atom. The van der Waals surface area contributed by atoms with Crippen molar-refractivity contribution in [1.82, 2.24) is 24.8 Å². The summed E-state index contributed by atoms with van der Waals surface area (Å²) in [4.78, 5) is 42.4. The molecule has 0 unspecified atom stereocenters. The molecule has 3 amide bonds. The Hall–Kier alpha value is -3.81. The van der Waals surface area contributed by atoms with Crippen molar-refractivity contribution in [3.63, 3.8) is 0 Å². The van der Waals surface area contributed by atoms with Crippen LogP contribution in [0.5, 0.6) is 0 Å². The first-order chi connectivity index (χ1) is 14.1. The quantitative estimate of drug-likeness (QED) is 0.602. The molecular weight excluding hydrogens is 370 g/mol. The van der Waals surface area contributed by atoms with E-state index in [4.69, 9.17) is 0 Å². The Kier molecular flexibility index (Phi) is 4.90. The topological polar surface area (TPSA) is 88.4 Å². The fourth-order valence-corrected chi connectivity index (χ4v) is 3.41. The summed E-state index contributed by atoms with van der Waals surface area (Å²) in [5.74, 6) is -0.859. The lowest BCUT2D eigenvalue weighted by Gasteiger charge is -2.24. The molecular formula is C21H19N5O3. The number of amides is 3. The molecule has 8 nitrogen and oxygen atoms in total. The predicted molar refractivity (Wildman–Crippen MR) is 105 cm³/mol. The summed E-state index contributed by atoms with van der Waals surface area (Å²) < 4.78 is 0. The second-order valence-corrected chi connectivity index (χ2v) is 6.53. The Bertz CT molecular complexity index is 1040. The zero-order valence-corrected chi connectivity index (χ0v) is 15.9. The van der Waals surface area contributed by atoms with Crippen LogP contribution in [0.2, 0.25) is 0 Å². The van der Waals surface area contributed by atoms with E-state index in [0.717, 1.165) is 0 Å². The number of benzene rings is 2. The minimum Gasteiger partial charge on any atom is -0.337 e. The first-order valence-corrected chi connectivity index (χ1v) is 9.32. The lowest BCUT2D eigenvalue weighted by molar-refractivity contribution is 0.0602. The molecule has 0 saturated carbocycles. The smallest absolute Gasteiger partial charge is 0.261 e. The zero-order chi connectivity index (χ0) is 20.4. The molecule has 3 aromatic rings. The molecule has 0 radical (unpaired) electrons. The zero-order valence-electron chi connectivity index (χ0n) is 15.9. The van der Waals surface area contributed by atoms with Crippen LogP contribution in [0.3, 0.4) is 0 Å². The highest BCUT2D eigenvalue weighted by atomic mass is 16.2. The number of aromatic nitrogens is 3. The molecule has 1 aliphatic heterocycles. The summed E-state index contributed by atoms with van der Waals surface area (Å²) in [5, 5.41) is 8.21. The van der Waals surface area contributed by atoms with E-state index in [1.165, 1.54) is 9.70 Å². The Labute approximate surface area is 167 Å². The SMILES string of the molecule is CCN(CCN1C(=O)c2ccccc2C1=O)C(=O)c1ccccc1-n1nccn1. The van der Waals surface area contributed by atoms with E-state index in [1.54, 1.807) is 59.8 Å². The number of nitrogens with zero attached hydrogens (tertiary/aromatic N) is 5. The van der Waals surface area contributed by atoms with E-state index < -0.39 is 0 Å². The molecule has 0 spiro atoms. The number of carbonyl (C=O) groups excluding carboxylic acids is 3. The molecule has 0 N–H and O–H groups in total. The van der Waals surface area contributed by atoms with Gasteiger partial charge in [0.25, 0.3) is 17.7 Å². The van der Waals surface area contributed by atoms with Gasteiger partial charge in [-0.3, -0.25) is 19.3 Å². The van der Waals surface area contributed by atoms with Crippen LogP contribution < -0.4 is 0 Å². The molecule has 2 aromatic carbocycles. The number of hydrogen-bond donors (Lipinski definition) is 0. The van der Waals surface area contributed by atoms with E-state index in [1.807, 2.05) is 13.0 Å². The number of hydrogen-bond acceptors (Lipinski definition) is 5. The lowest BCUT2D eigenvalue weighted by atomic mass is 10.1. The third-order valence-electron chi connectivity index (χ3n) is 4.91. The second-order valence-electron chi connectivity index (χ2n) is 6.53. The van der Waals surface area contributed by atoms with Gasteiger partial charge in [0.2, 0.25) is 0 Å². The van der Waals surface area contributed by atoms with E-state index in [9.17, 15) is 14.4 Å². The van der Waals surface area contributed by atoms with Crippen LogP contribution in [0.4, 0.5) is 0 Å². The van der Waals surface area contributed by atoms with Crippen molar-refractivity contribution >= 4 is 17.7 Å². The molecule has 0 atom stereocenters. The van der Waals surface area contributed by atoms with Gasteiger partial charge >= 0.3 is 0 Å². The molecule has 29 heavy (non-hydrogen) atoms. The van der Waals surface area contributed by atoms with Crippen LogP contribution in [0.1, 0.15) is 38.0 Å². The number of para-hydroxylation sites is 1. The molecule has 146 valence electrons. The van der Waals surface area contributed by atoms with Gasteiger partial charge in [0.1, 0.15) is 0 Å². The van der Waals surface area contributed by atoms with Crippen LogP contribution in [-0.4, -0.2) is 62.1 Å². The normalized spacial score (nSPS) is 12.9. The van der Waals surface area contributed by atoms with Gasteiger partial charge in [-0.25, -0.2) is 0 Å². The van der Waals surface area contributed by atoms with Crippen molar-refractivity contribution in [3.8, 4) is 5.69 Å². The van der Waals surface area contributed by atoms with Gasteiger partial charge in [0, 0.05) is 19.6 Å². The third kappa shape index (κ3) is 3.29. The molecule has 1 aliphatic rings. The summed E-state index contributed by atoms with van der Waals surface area (Å²) in [6.07, 6.45) is 3.09. The first-order valence-electron chi connectivity index (χ1n) is 9.32. The van der Waals surface area contributed by atoms with E-state index in [0.29, 0.717) is 28.9 Å². The highest BCUT2D eigenvalue weighted by Gasteiger charge is 2.35. The third-order valence-corrected chi connectivity index (χ3v) is 4.91. The number of fused-ring (bicyclic) bond motifs is 1. The Morgan fingerprint density at radius 3 is 2.14 bits per heavy atom. The second kappa shape index (κ2) is 7.67. The molecule has 0 saturated heterocycles. The maximum absolute atomic E-state index is 13.1. The van der Waals surface area contributed by atoms with Crippen molar-refractivity contribution in [3.05, 3.63) is 77.6 Å². The van der Waals surface area contributed by atoms with Crippen molar-refractivity contribution in [1.29, 1.82) is 0 Å². The minimum atomic E-state index is -0.324. The number of carbonyl (C=O) groups is 3. The van der Waals surface area contributed by atoms with Crippen molar-refractivity contribution in [2.45, 2.75) is 6.92 Å². The van der Waals surface area contributed by atoms with Crippen LogP contribution in [-0.2, 0) is 0 Å². The van der Waals surface area contributed by atoms with Gasteiger partial charge in [-0.05, 0) is 31.2 Å². The van der Waals surface area contributed by atoms with Crippen molar-refractivity contribution < 1.29 is 14.4 Å². The summed E-state index contributed by atoms with van der Waals surface area (Å²) >= 11 is 0. The highest BCUT2D eigenvalue weighted by molar-refractivity contribution is 6.21. The van der Waals surface area contributed by atoms with Crippen LogP contribution in [0, 0.1) is 0 Å². The van der Waals surface area contributed by atoms with Gasteiger partial charge in [-0.2, -0.15) is 15.0 Å². The monoisotopic (exact) mass is 389 g/mol. The first kappa shape index (κ1) is 18.5. The summed E-state index contributed by atoms with van der Waals surface area (Å²) in [6, 6.07) is 13.8. The summed E-state index contributed by atoms with van der Waals surface area (Å²) in [7, 11) is 0. The van der Waals surface area contributed by atoms with Gasteiger partial charge in [-0.15, -0.1) is 0 Å². The van der Waals surface area contributed by atoms with Crippen molar-refractivity contribution in [2.24, 2.45) is 0 Å². The maximum Gasteiger partial charge on any atom is 0.261 e. The van der Waals surface area contributed by atoms with Gasteiger partial charge in [0.15, 0.2) is 0 Å². The van der Waals surface area contributed by atoms with Crippen LogP contribution in [0.25, 0.3) is 5.69 Å². The number of likely N-dealkylation sites (N-methyl/N-ethyl adjacent to an activating group) is 1. The average molecular weight is 389 g/mol. The Morgan fingerprint density at radius 2 is 1.52 bits per heavy atom. The fraction of sp³-hybridized carbons (Fsp3) is 0.190. The highest BCUT2D eigenvalue weighted by Crippen LogP contribution is 2.22. The molecule has 2 heterocycles. The summed E-state index contributed by atoms with van der Waals surface area (Å²) in [6.45, 7) is 2.66. The molecule has 1 aromatic heterocycles. The largest absolute Gasteiger partial charge is 0.337 e. The van der Waals surface area contributed by atoms with E-state index in [-0.39, 0.29) is 30.8 Å². The van der Waals surface area contributed by atoms with E-state index in [2.05, 4.69) is 10.2 Å². The van der Waals surface area contributed by atoms with Gasteiger partial charge < -0.3 is 4.90 Å². The van der Waals surface area contributed by atoms with Gasteiger partial charge in [0.05, 0.1) is 34.8 Å². The van der Waals surface area contributed by atoms with Crippen LogP contribution in [0.15, 0.2) is 60.9 Å². The fourth-order valence-electron chi connectivity index (χ4n) is 3.41. The predicted octanol–water partition coefficient (Wildman–Crippen LogP) is 2.03. The number of rotatable bonds is 6. The van der Waals surface area contributed by atoms with Crippen molar-refractivity contribution in [2.75, 3.05) is 19.6 Å². The average Bonchev–Trinajstić information content (AvgIpc) is 3.37. The molecule has 0 fully saturated rings. The number of imide groups is 1.